The van der Waals surface area contributed by atoms with Crippen LogP contribution in [0.25, 0.3) is 0 Å². The number of carboxylic acids is 1. The van der Waals surface area contributed by atoms with Crippen molar-refractivity contribution in [3.63, 3.8) is 0 Å². The van der Waals surface area contributed by atoms with Gasteiger partial charge >= 0.3 is 22.5 Å². The number of carbonyl (C=O) groups is 4. The van der Waals surface area contributed by atoms with E-state index in [-0.39, 0.29) is 0 Å². The van der Waals surface area contributed by atoms with Crippen molar-refractivity contribution in [3.05, 3.63) is 0 Å². The van der Waals surface area contributed by atoms with E-state index in [0.29, 0.717) is 11.5 Å². The molecule has 0 spiro atoms. The summed E-state index contributed by atoms with van der Waals surface area (Å²) in [4.78, 5) is 45.7. The molecular weight excluding hydrogens is 348 g/mol. The Kier molecular flexibility index (Phi) is 9.73. The predicted octanol–water partition coefficient (Wildman–Crippen LogP) is 2.75. The maximum atomic E-state index is 11.9. The molecule has 23 heavy (non-hydrogen) atoms. The second kappa shape index (κ2) is 10.4. The molecule has 0 saturated carbocycles. The summed E-state index contributed by atoms with van der Waals surface area (Å²) in [5.74, 6) is -1.58. The van der Waals surface area contributed by atoms with Gasteiger partial charge in [-0.05, 0) is 37.4 Å². The molecule has 0 aromatic heterocycles. The Morgan fingerprint density at radius 3 is 2.00 bits per heavy atom. The van der Waals surface area contributed by atoms with Crippen LogP contribution in [0.4, 0.5) is 9.59 Å². The van der Waals surface area contributed by atoms with E-state index in [1.165, 1.54) is 0 Å². The molecule has 0 fully saturated rings. The van der Waals surface area contributed by atoms with Crippen LogP contribution in [-0.4, -0.2) is 52.1 Å². The van der Waals surface area contributed by atoms with Crippen LogP contribution >= 0.6 is 23.5 Å². The monoisotopic (exact) mass is 368 g/mol. The lowest BCUT2D eigenvalue weighted by Crippen LogP contribution is -2.39. The van der Waals surface area contributed by atoms with Gasteiger partial charge in [-0.15, -0.1) is 0 Å². The number of hydrogen-bond donors (Lipinski definition) is 1. The maximum Gasteiger partial charge on any atom is 0.370 e. The third-order valence-electron chi connectivity index (χ3n) is 2.37. The molecule has 1 unspecified atom stereocenters. The second-order valence-corrected chi connectivity index (χ2v) is 6.96. The smallest absolute Gasteiger partial charge is 0.370 e. The van der Waals surface area contributed by atoms with E-state index in [0.717, 1.165) is 37.4 Å². The number of aliphatic carboxylic acids is 1. The van der Waals surface area contributed by atoms with Crippen molar-refractivity contribution < 1.29 is 38.5 Å². The molecule has 0 aromatic carbocycles. The number of thioether (sulfide) groups is 2. The van der Waals surface area contributed by atoms with Gasteiger partial charge in [0.05, 0.1) is 0 Å². The summed E-state index contributed by atoms with van der Waals surface area (Å²) < 4.78 is 14.5. The first-order valence-corrected chi connectivity index (χ1v) is 8.69. The molecule has 0 rings (SSSR count). The highest BCUT2D eigenvalue weighted by Crippen LogP contribution is 2.20. The lowest BCUT2D eigenvalue weighted by atomic mass is 9.94. The number of hydrogen-bond acceptors (Lipinski definition) is 9. The van der Waals surface area contributed by atoms with Gasteiger partial charge in [0, 0.05) is 11.5 Å². The van der Waals surface area contributed by atoms with Crippen molar-refractivity contribution in [3.8, 4) is 0 Å². The largest absolute Gasteiger partial charge is 0.480 e. The molecular formula is C13H20O8S2. The fourth-order valence-corrected chi connectivity index (χ4v) is 1.80. The summed E-state index contributed by atoms with van der Waals surface area (Å²) in [6, 6.07) is 0. The van der Waals surface area contributed by atoms with E-state index < -0.39 is 40.9 Å². The SMILES string of the molecule is CCSC(=O)OCC(OC(=O)SCC)OC(=O)C(C)(C)C(=O)O. The first kappa shape index (κ1) is 21.6. The lowest BCUT2D eigenvalue weighted by molar-refractivity contribution is -0.186. The number of carboxylic acid groups (broad SMARTS) is 1. The van der Waals surface area contributed by atoms with Crippen molar-refractivity contribution >= 4 is 46.1 Å². The minimum absolute atomic E-state index is 0.436. The summed E-state index contributed by atoms with van der Waals surface area (Å²) >= 11 is 1.72. The minimum Gasteiger partial charge on any atom is -0.480 e. The summed E-state index contributed by atoms with van der Waals surface area (Å²) in [5, 5.41) is 7.63. The van der Waals surface area contributed by atoms with E-state index in [9.17, 15) is 19.2 Å². The summed E-state index contributed by atoms with van der Waals surface area (Å²) in [6.07, 6.45) is -1.51. The highest BCUT2D eigenvalue weighted by Gasteiger charge is 2.40. The van der Waals surface area contributed by atoms with Gasteiger partial charge in [-0.2, -0.15) is 0 Å². The highest BCUT2D eigenvalue weighted by atomic mass is 32.2. The Morgan fingerprint density at radius 2 is 1.52 bits per heavy atom. The van der Waals surface area contributed by atoms with Crippen LogP contribution in [-0.2, 0) is 23.8 Å². The van der Waals surface area contributed by atoms with Gasteiger partial charge in [0.25, 0.3) is 6.29 Å². The highest BCUT2D eigenvalue weighted by molar-refractivity contribution is 8.13. The predicted molar refractivity (Wildman–Crippen MR) is 85.4 cm³/mol. The molecule has 0 aliphatic rings. The van der Waals surface area contributed by atoms with Gasteiger partial charge in [0.15, 0.2) is 12.0 Å². The fourth-order valence-electron chi connectivity index (χ4n) is 1.00. The lowest BCUT2D eigenvalue weighted by Gasteiger charge is -2.22. The zero-order valence-corrected chi connectivity index (χ0v) is 15.0. The molecule has 8 nitrogen and oxygen atoms in total. The molecule has 0 aliphatic carbocycles. The molecule has 1 atom stereocenters. The van der Waals surface area contributed by atoms with Gasteiger partial charge in [-0.25, -0.2) is 9.59 Å². The number of esters is 1. The van der Waals surface area contributed by atoms with E-state index >= 15 is 0 Å². The van der Waals surface area contributed by atoms with Crippen LogP contribution in [0.1, 0.15) is 27.7 Å². The Bertz CT molecular complexity index is 449. The Labute approximate surface area is 142 Å². The molecule has 0 aliphatic heterocycles. The van der Waals surface area contributed by atoms with Crippen LogP contribution in [0.5, 0.6) is 0 Å². The van der Waals surface area contributed by atoms with Crippen LogP contribution in [0.3, 0.4) is 0 Å². The molecule has 10 heteroatoms. The first-order valence-electron chi connectivity index (χ1n) is 6.72. The summed E-state index contributed by atoms with van der Waals surface area (Å²) in [7, 11) is 0. The second-order valence-electron chi connectivity index (χ2n) is 4.56. The van der Waals surface area contributed by atoms with Crippen molar-refractivity contribution in [2.45, 2.75) is 34.0 Å². The molecule has 0 saturated heterocycles. The first-order chi connectivity index (χ1) is 10.6. The fraction of sp³-hybridized carbons (Fsp3) is 0.692. The summed E-state index contributed by atoms with van der Waals surface area (Å²) in [6.45, 7) is 5.25. The van der Waals surface area contributed by atoms with Gasteiger partial charge < -0.3 is 19.3 Å². The zero-order valence-electron chi connectivity index (χ0n) is 13.3. The van der Waals surface area contributed by atoms with Crippen molar-refractivity contribution in [1.82, 2.24) is 0 Å². The van der Waals surface area contributed by atoms with Gasteiger partial charge in [0.1, 0.15) is 0 Å². The van der Waals surface area contributed by atoms with Crippen LogP contribution in [0.2, 0.25) is 0 Å². The molecule has 1 N–H and O–H groups in total. The number of rotatable bonds is 8. The topological polar surface area (TPSA) is 116 Å². The molecule has 0 bridgehead atoms. The third-order valence-corrected chi connectivity index (χ3v) is 3.64. The maximum absolute atomic E-state index is 11.9. The average molecular weight is 368 g/mol. The molecule has 0 aromatic rings. The van der Waals surface area contributed by atoms with E-state index in [1.807, 2.05) is 0 Å². The Balaban J connectivity index is 4.83. The molecule has 0 radical (unpaired) electrons. The quantitative estimate of drug-likeness (QED) is 0.389. The third kappa shape index (κ3) is 8.12. The van der Waals surface area contributed by atoms with E-state index in [2.05, 4.69) is 0 Å². The minimum atomic E-state index is -1.83. The molecule has 0 heterocycles. The van der Waals surface area contributed by atoms with Crippen LogP contribution < -0.4 is 0 Å². The number of carbonyl (C=O) groups excluding carboxylic acids is 3. The molecule has 132 valence electrons. The van der Waals surface area contributed by atoms with Crippen LogP contribution in [0.15, 0.2) is 0 Å². The Hall–Kier alpha value is -1.42. The van der Waals surface area contributed by atoms with Crippen LogP contribution in [0, 0.1) is 5.41 Å². The van der Waals surface area contributed by atoms with Crippen molar-refractivity contribution in [2.75, 3.05) is 18.1 Å². The number of ether oxygens (including phenoxy) is 3. The molecule has 0 amide bonds. The zero-order chi connectivity index (χ0) is 18.0. The van der Waals surface area contributed by atoms with Crippen molar-refractivity contribution in [1.29, 1.82) is 0 Å². The van der Waals surface area contributed by atoms with Gasteiger partial charge in [-0.3, -0.25) is 9.59 Å². The van der Waals surface area contributed by atoms with Crippen molar-refractivity contribution in [2.24, 2.45) is 5.41 Å². The van der Waals surface area contributed by atoms with E-state index in [1.54, 1.807) is 13.8 Å². The van der Waals surface area contributed by atoms with E-state index in [4.69, 9.17) is 19.3 Å². The average Bonchev–Trinajstić information content (AvgIpc) is 2.44. The summed E-state index contributed by atoms with van der Waals surface area (Å²) in [5.41, 5.74) is -1.83. The normalized spacial score (nSPS) is 12.2. The van der Waals surface area contributed by atoms with Gasteiger partial charge in [-0.1, -0.05) is 13.8 Å². The Morgan fingerprint density at radius 1 is 1.00 bits per heavy atom. The standard InChI is InChI=1S/C13H20O8S2/c1-5-22-11(17)19-7-8(21-12(18)23-6-2)20-10(16)13(3,4)9(14)15/h8H,5-7H2,1-4H3,(H,14,15). The van der Waals surface area contributed by atoms with Gasteiger partial charge in [0.2, 0.25) is 0 Å².